The number of carboxylic acid groups (broad SMARTS) is 1. The summed E-state index contributed by atoms with van der Waals surface area (Å²) in [4.78, 5) is 26.9. The number of hydrogen-bond donors (Lipinski definition) is 3. The number of halogens is 2. The Labute approximate surface area is 149 Å². The molecule has 0 bridgehead atoms. The number of carbonyl (C=O) groups is 2. The van der Waals surface area contributed by atoms with Crippen LogP contribution in [-0.2, 0) is 4.79 Å². The number of hydrogen-bond acceptors (Lipinski definition) is 4. The molecule has 25 heavy (non-hydrogen) atoms. The molecule has 1 fully saturated rings. The zero-order valence-electron chi connectivity index (χ0n) is 13.2. The molecule has 1 amide bonds. The van der Waals surface area contributed by atoms with Gasteiger partial charge in [-0.15, -0.1) is 12.4 Å². The van der Waals surface area contributed by atoms with E-state index < -0.39 is 11.8 Å². The maximum Gasteiger partial charge on any atom is 0.335 e. The summed E-state index contributed by atoms with van der Waals surface area (Å²) in [7, 11) is 0. The minimum Gasteiger partial charge on any atom is -0.478 e. The zero-order chi connectivity index (χ0) is 17.1. The number of aromatic nitrogens is 1. The van der Waals surface area contributed by atoms with Crippen molar-refractivity contribution in [2.45, 2.75) is 18.9 Å². The van der Waals surface area contributed by atoms with Crippen molar-refractivity contribution >= 4 is 30.0 Å². The zero-order valence-corrected chi connectivity index (χ0v) is 14.0. The maximum absolute atomic E-state index is 14.3. The first-order chi connectivity index (χ1) is 11.5. The van der Waals surface area contributed by atoms with Crippen molar-refractivity contribution in [1.29, 1.82) is 0 Å². The number of carboxylic acids is 1. The van der Waals surface area contributed by atoms with Gasteiger partial charge in [0.05, 0.1) is 23.5 Å². The second kappa shape index (κ2) is 8.04. The Bertz CT molecular complexity index is 777. The summed E-state index contributed by atoms with van der Waals surface area (Å²) in [5.41, 5.74) is 0.973. The molecule has 1 aliphatic rings. The van der Waals surface area contributed by atoms with Crippen molar-refractivity contribution in [3.8, 4) is 11.3 Å². The molecular weight excluding hydrogens is 349 g/mol. The molecule has 1 aromatic carbocycles. The molecule has 132 valence electrons. The van der Waals surface area contributed by atoms with E-state index in [-0.39, 0.29) is 41.3 Å². The van der Waals surface area contributed by atoms with Gasteiger partial charge in [0, 0.05) is 11.6 Å². The summed E-state index contributed by atoms with van der Waals surface area (Å²) in [5, 5.41) is 14.6. The van der Waals surface area contributed by atoms with E-state index in [0.29, 0.717) is 5.56 Å². The molecule has 1 saturated heterocycles. The van der Waals surface area contributed by atoms with Gasteiger partial charge in [-0.3, -0.25) is 9.78 Å². The SMILES string of the molecule is Cl.O=C(O)c1ccc(-c2ncc(NC(=O)[C@H]3CCCN3)cc2F)cc1. The van der Waals surface area contributed by atoms with Crippen LogP contribution in [0.3, 0.4) is 0 Å². The highest BCUT2D eigenvalue weighted by atomic mass is 35.5. The second-order valence-electron chi connectivity index (χ2n) is 5.58. The topological polar surface area (TPSA) is 91.3 Å². The molecular formula is C17H17ClFN3O3. The second-order valence-corrected chi connectivity index (χ2v) is 5.58. The fourth-order valence-corrected chi connectivity index (χ4v) is 2.63. The van der Waals surface area contributed by atoms with E-state index in [9.17, 15) is 14.0 Å². The normalized spacial score (nSPS) is 16.1. The van der Waals surface area contributed by atoms with Gasteiger partial charge in [0.15, 0.2) is 5.82 Å². The van der Waals surface area contributed by atoms with Crippen molar-refractivity contribution in [1.82, 2.24) is 10.3 Å². The molecule has 0 radical (unpaired) electrons. The standard InChI is InChI=1S/C17H16FN3O3.ClH/c18-13-8-12(21-16(22)14-2-1-7-19-14)9-20-15(13)10-3-5-11(6-4-10)17(23)24;/h3-6,8-9,14,19H,1-2,7H2,(H,21,22)(H,23,24);1H/t14-;/m1./s1. The van der Waals surface area contributed by atoms with Gasteiger partial charge in [-0.2, -0.15) is 0 Å². The molecule has 2 aromatic rings. The van der Waals surface area contributed by atoms with Crippen molar-refractivity contribution in [3.63, 3.8) is 0 Å². The van der Waals surface area contributed by atoms with Crippen LogP contribution in [0, 0.1) is 5.82 Å². The van der Waals surface area contributed by atoms with Crippen LogP contribution >= 0.6 is 12.4 Å². The lowest BCUT2D eigenvalue weighted by Gasteiger charge is -2.11. The number of rotatable bonds is 4. The van der Waals surface area contributed by atoms with Crippen LogP contribution in [0.15, 0.2) is 36.5 Å². The molecule has 8 heteroatoms. The van der Waals surface area contributed by atoms with Crippen LogP contribution in [0.5, 0.6) is 0 Å². The average Bonchev–Trinajstić information content (AvgIpc) is 3.10. The Morgan fingerprint density at radius 3 is 2.56 bits per heavy atom. The van der Waals surface area contributed by atoms with Crippen molar-refractivity contribution in [2.75, 3.05) is 11.9 Å². The van der Waals surface area contributed by atoms with Crippen LogP contribution in [-0.4, -0.2) is 34.6 Å². The van der Waals surface area contributed by atoms with E-state index in [2.05, 4.69) is 15.6 Å². The van der Waals surface area contributed by atoms with Gasteiger partial charge in [-0.25, -0.2) is 9.18 Å². The van der Waals surface area contributed by atoms with E-state index in [4.69, 9.17) is 5.11 Å². The van der Waals surface area contributed by atoms with Gasteiger partial charge in [0.2, 0.25) is 5.91 Å². The summed E-state index contributed by atoms with van der Waals surface area (Å²) in [6, 6.07) is 6.72. The van der Waals surface area contributed by atoms with Gasteiger partial charge in [-0.05, 0) is 31.5 Å². The Hall–Kier alpha value is -2.51. The smallest absolute Gasteiger partial charge is 0.335 e. The Kier molecular flexibility index (Phi) is 6.06. The van der Waals surface area contributed by atoms with Crippen LogP contribution in [0.1, 0.15) is 23.2 Å². The molecule has 0 aliphatic carbocycles. The number of aromatic carboxylic acids is 1. The molecule has 0 unspecified atom stereocenters. The Morgan fingerprint density at radius 2 is 2.00 bits per heavy atom. The lowest BCUT2D eigenvalue weighted by molar-refractivity contribution is -0.117. The minimum absolute atomic E-state index is 0. The fourth-order valence-electron chi connectivity index (χ4n) is 2.63. The summed E-state index contributed by atoms with van der Waals surface area (Å²) < 4.78 is 14.3. The average molecular weight is 366 g/mol. The number of anilines is 1. The summed E-state index contributed by atoms with van der Waals surface area (Å²) in [6.07, 6.45) is 3.09. The van der Waals surface area contributed by atoms with E-state index in [1.165, 1.54) is 36.5 Å². The van der Waals surface area contributed by atoms with Crippen molar-refractivity contribution < 1.29 is 19.1 Å². The maximum atomic E-state index is 14.3. The van der Waals surface area contributed by atoms with Crippen LogP contribution in [0.4, 0.5) is 10.1 Å². The number of pyridine rings is 1. The highest BCUT2D eigenvalue weighted by molar-refractivity contribution is 5.95. The lowest BCUT2D eigenvalue weighted by atomic mass is 10.1. The van der Waals surface area contributed by atoms with E-state index in [1.807, 2.05) is 0 Å². The lowest BCUT2D eigenvalue weighted by Crippen LogP contribution is -2.35. The largest absolute Gasteiger partial charge is 0.478 e. The molecule has 1 atom stereocenters. The fraction of sp³-hybridized carbons (Fsp3) is 0.235. The molecule has 1 aromatic heterocycles. The first kappa shape index (κ1) is 18.8. The third-order valence-electron chi connectivity index (χ3n) is 3.89. The number of amides is 1. The molecule has 1 aliphatic heterocycles. The van der Waals surface area contributed by atoms with Gasteiger partial charge in [-0.1, -0.05) is 12.1 Å². The first-order valence-corrected chi connectivity index (χ1v) is 7.58. The minimum atomic E-state index is -1.05. The van der Waals surface area contributed by atoms with E-state index in [0.717, 1.165) is 19.4 Å². The van der Waals surface area contributed by atoms with Crippen LogP contribution in [0.25, 0.3) is 11.3 Å². The number of benzene rings is 1. The van der Waals surface area contributed by atoms with Gasteiger partial charge in [0.25, 0.3) is 0 Å². The first-order valence-electron chi connectivity index (χ1n) is 7.58. The highest BCUT2D eigenvalue weighted by Crippen LogP contribution is 2.23. The van der Waals surface area contributed by atoms with Crippen LogP contribution in [0.2, 0.25) is 0 Å². The van der Waals surface area contributed by atoms with E-state index >= 15 is 0 Å². The molecule has 6 nitrogen and oxygen atoms in total. The number of nitrogens with zero attached hydrogens (tertiary/aromatic N) is 1. The third kappa shape index (κ3) is 4.32. The predicted octanol–water partition coefficient (Wildman–Crippen LogP) is 2.70. The molecule has 2 heterocycles. The Morgan fingerprint density at radius 1 is 1.28 bits per heavy atom. The Balaban J connectivity index is 0.00000225. The molecule has 3 N–H and O–H groups in total. The van der Waals surface area contributed by atoms with Crippen LogP contribution < -0.4 is 10.6 Å². The van der Waals surface area contributed by atoms with Gasteiger partial charge in [0.1, 0.15) is 5.69 Å². The molecule has 0 spiro atoms. The highest BCUT2D eigenvalue weighted by Gasteiger charge is 2.22. The monoisotopic (exact) mass is 365 g/mol. The van der Waals surface area contributed by atoms with Gasteiger partial charge < -0.3 is 15.7 Å². The summed E-state index contributed by atoms with van der Waals surface area (Å²) >= 11 is 0. The predicted molar refractivity (Wildman–Crippen MR) is 93.5 cm³/mol. The number of carbonyl (C=O) groups excluding carboxylic acids is 1. The quantitative estimate of drug-likeness (QED) is 0.775. The third-order valence-corrected chi connectivity index (χ3v) is 3.89. The van der Waals surface area contributed by atoms with Crippen molar-refractivity contribution in [3.05, 3.63) is 47.9 Å². The van der Waals surface area contributed by atoms with E-state index in [1.54, 1.807) is 0 Å². The van der Waals surface area contributed by atoms with Crippen molar-refractivity contribution in [2.24, 2.45) is 0 Å². The van der Waals surface area contributed by atoms with Gasteiger partial charge >= 0.3 is 5.97 Å². The molecule has 3 rings (SSSR count). The number of nitrogens with one attached hydrogen (secondary N) is 2. The molecule has 0 saturated carbocycles. The summed E-state index contributed by atoms with van der Waals surface area (Å²) in [6.45, 7) is 0.802. The summed E-state index contributed by atoms with van der Waals surface area (Å²) in [5.74, 6) is -1.84.